The number of nitrogens with zero attached hydrogens (tertiary/aromatic N) is 2. The second-order valence-electron chi connectivity index (χ2n) is 4.96. The molecule has 0 saturated carbocycles. The Kier molecular flexibility index (Phi) is 3.13. The lowest BCUT2D eigenvalue weighted by Crippen LogP contribution is -2.13. The quantitative estimate of drug-likeness (QED) is 0.714. The van der Waals surface area contributed by atoms with Crippen molar-refractivity contribution in [2.75, 3.05) is 0 Å². The Morgan fingerprint density at radius 2 is 2.10 bits per heavy atom. The first-order valence-electron chi connectivity index (χ1n) is 6.55. The summed E-state index contributed by atoms with van der Waals surface area (Å²) in [6.07, 6.45) is 0.0926. The van der Waals surface area contributed by atoms with Gasteiger partial charge in [0, 0.05) is 11.8 Å². The number of aromatic nitrogens is 3. The zero-order valence-corrected chi connectivity index (χ0v) is 11.4. The number of aliphatic carboxylic acids is 1. The lowest BCUT2D eigenvalue weighted by molar-refractivity contribution is -0.137. The molecule has 3 aromatic rings. The lowest BCUT2D eigenvalue weighted by Gasteiger charge is -2.04. The fraction of sp³-hybridized carbons (Fsp3) is 0.200. The van der Waals surface area contributed by atoms with Crippen LogP contribution in [0.4, 0.5) is 0 Å². The number of pyridine rings is 1. The van der Waals surface area contributed by atoms with Gasteiger partial charge in [0.15, 0.2) is 5.65 Å². The van der Waals surface area contributed by atoms with E-state index in [4.69, 9.17) is 5.11 Å². The minimum atomic E-state index is -0.931. The molecule has 0 unspecified atom stereocenters. The Morgan fingerprint density at radius 1 is 1.29 bits per heavy atom. The molecule has 2 aromatic heterocycles. The summed E-state index contributed by atoms with van der Waals surface area (Å²) < 4.78 is 0. The maximum atomic E-state index is 12.1. The van der Waals surface area contributed by atoms with Crippen LogP contribution in [-0.2, 0) is 11.2 Å². The first-order valence-corrected chi connectivity index (χ1v) is 6.55. The number of aromatic amines is 1. The summed E-state index contributed by atoms with van der Waals surface area (Å²) in [6.45, 7) is 1.97. The van der Waals surface area contributed by atoms with Crippen LogP contribution in [0, 0.1) is 6.92 Å². The predicted octanol–water partition coefficient (Wildman–Crippen LogP) is 1.80. The predicted molar refractivity (Wildman–Crippen MR) is 78.4 cm³/mol. The lowest BCUT2D eigenvalue weighted by atomic mass is 10.1. The minimum absolute atomic E-state index is 0.0821. The van der Waals surface area contributed by atoms with Gasteiger partial charge in [-0.05, 0) is 25.1 Å². The molecule has 6 heteroatoms. The molecule has 2 N–H and O–H groups in total. The summed E-state index contributed by atoms with van der Waals surface area (Å²) in [5.74, 6) is -0.589. The van der Waals surface area contributed by atoms with Crippen LogP contribution in [0.5, 0.6) is 0 Å². The smallest absolute Gasteiger partial charge is 0.303 e. The van der Waals surface area contributed by atoms with E-state index >= 15 is 0 Å². The van der Waals surface area contributed by atoms with E-state index < -0.39 is 5.97 Å². The highest BCUT2D eigenvalue weighted by Crippen LogP contribution is 2.17. The van der Waals surface area contributed by atoms with Crippen molar-refractivity contribution in [2.45, 2.75) is 19.8 Å². The van der Waals surface area contributed by atoms with Crippen LogP contribution in [0.1, 0.15) is 17.8 Å². The van der Waals surface area contributed by atoms with Crippen LogP contribution in [0.2, 0.25) is 0 Å². The Morgan fingerprint density at radius 3 is 2.86 bits per heavy atom. The molecule has 21 heavy (non-hydrogen) atoms. The summed E-state index contributed by atoms with van der Waals surface area (Å²) >= 11 is 0. The number of hydrogen-bond donors (Lipinski definition) is 2. The highest BCUT2D eigenvalue weighted by molar-refractivity contribution is 5.90. The average Bonchev–Trinajstić information content (AvgIpc) is 2.43. The zero-order valence-electron chi connectivity index (χ0n) is 11.4. The molecule has 106 valence electrons. The molecule has 0 atom stereocenters. The molecule has 0 spiro atoms. The summed E-state index contributed by atoms with van der Waals surface area (Å²) in [5, 5.41) is 9.98. The molecule has 0 aliphatic carbocycles. The van der Waals surface area contributed by atoms with E-state index in [0.717, 1.165) is 16.5 Å². The average molecular weight is 283 g/mol. The molecule has 0 radical (unpaired) electrons. The number of hydrogen-bond acceptors (Lipinski definition) is 4. The van der Waals surface area contributed by atoms with E-state index in [1.54, 1.807) is 6.07 Å². The van der Waals surface area contributed by atoms with E-state index in [2.05, 4.69) is 15.0 Å². The maximum absolute atomic E-state index is 12.1. The summed E-state index contributed by atoms with van der Waals surface area (Å²) in [4.78, 5) is 33.9. The fourth-order valence-electron chi connectivity index (χ4n) is 2.24. The maximum Gasteiger partial charge on any atom is 0.303 e. The van der Waals surface area contributed by atoms with Crippen molar-refractivity contribution in [3.63, 3.8) is 0 Å². The number of H-pyrrole nitrogens is 1. The fourth-order valence-corrected chi connectivity index (χ4v) is 2.24. The highest BCUT2D eigenvalue weighted by atomic mass is 16.4. The number of aryl methyl sites for hydroxylation is 2. The van der Waals surface area contributed by atoms with Crippen LogP contribution in [0.25, 0.3) is 21.9 Å². The third-order valence-corrected chi connectivity index (χ3v) is 3.27. The standard InChI is InChI=1S/C15H13N3O3/c1-8-2-3-11-9(6-8)7-10-14(16-11)17-12(18-15(10)21)4-5-13(19)20/h2-3,6-7H,4-5H2,1H3,(H,19,20)(H,16,17,18,21). The second kappa shape index (κ2) is 4.97. The largest absolute Gasteiger partial charge is 0.481 e. The summed E-state index contributed by atoms with van der Waals surface area (Å²) in [6, 6.07) is 7.54. The Bertz CT molecular complexity index is 915. The van der Waals surface area contributed by atoms with Gasteiger partial charge in [-0.2, -0.15) is 0 Å². The molecule has 0 aliphatic heterocycles. The van der Waals surface area contributed by atoms with Crippen molar-refractivity contribution in [3.8, 4) is 0 Å². The number of carboxylic acid groups (broad SMARTS) is 1. The van der Waals surface area contributed by atoms with Crippen LogP contribution in [0.3, 0.4) is 0 Å². The normalized spacial score (nSPS) is 11.1. The Balaban J connectivity index is 2.17. The zero-order chi connectivity index (χ0) is 15.0. The third-order valence-electron chi connectivity index (χ3n) is 3.27. The van der Waals surface area contributed by atoms with E-state index in [-0.39, 0.29) is 18.4 Å². The molecule has 0 amide bonds. The molecule has 0 saturated heterocycles. The third kappa shape index (κ3) is 2.60. The Labute approximate surface area is 119 Å². The van der Waals surface area contributed by atoms with E-state index in [1.807, 2.05) is 25.1 Å². The van der Waals surface area contributed by atoms with Crippen LogP contribution in [0.15, 0.2) is 29.1 Å². The van der Waals surface area contributed by atoms with Gasteiger partial charge in [0.1, 0.15) is 5.82 Å². The van der Waals surface area contributed by atoms with Gasteiger partial charge in [-0.15, -0.1) is 0 Å². The molecule has 0 bridgehead atoms. The van der Waals surface area contributed by atoms with E-state index in [0.29, 0.717) is 16.9 Å². The molecule has 1 aromatic carbocycles. The number of fused-ring (bicyclic) bond motifs is 2. The van der Waals surface area contributed by atoms with E-state index in [9.17, 15) is 9.59 Å². The monoisotopic (exact) mass is 283 g/mol. The summed E-state index contributed by atoms with van der Waals surface area (Å²) in [5.41, 5.74) is 1.90. The van der Waals surface area contributed by atoms with Crippen LogP contribution >= 0.6 is 0 Å². The van der Waals surface area contributed by atoms with Gasteiger partial charge in [0.2, 0.25) is 0 Å². The van der Waals surface area contributed by atoms with Gasteiger partial charge < -0.3 is 10.1 Å². The molecular weight excluding hydrogens is 270 g/mol. The van der Waals surface area contributed by atoms with Crippen molar-refractivity contribution in [2.24, 2.45) is 0 Å². The molecular formula is C15H13N3O3. The first kappa shape index (κ1) is 13.2. The van der Waals surface area contributed by atoms with Gasteiger partial charge in [0.05, 0.1) is 17.3 Å². The molecule has 3 rings (SSSR count). The number of carboxylic acids is 1. The van der Waals surface area contributed by atoms with Gasteiger partial charge >= 0.3 is 5.97 Å². The Hall–Kier alpha value is -2.76. The van der Waals surface area contributed by atoms with Gasteiger partial charge in [-0.3, -0.25) is 9.59 Å². The molecule has 2 heterocycles. The van der Waals surface area contributed by atoms with Crippen LogP contribution < -0.4 is 5.56 Å². The number of carbonyl (C=O) groups is 1. The number of nitrogens with one attached hydrogen (secondary N) is 1. The van der Waals surface area contributed by atoms with E-state index in [1.165, 1.54) is 0 Å². The SMILES string of the molecule is Cc1ccc2nc3nc(CCC(=O)O)[nH]c(=O)c3cc2c1. The first-order chi connectivity index (χ1) is 10.0. The molecule has 0 fully saturated rings. The van der Waals surface area contributed by atoms with Crippen molar-refractivity contribution in [3.05, 3.63) is 46.0 Å². The van der Waals surface area contributed by atoms with Gasteiger partial charge in [-0.1, -0.05) is 11.6 Å². The van der Waals surface area contributed by atoms with Crippen molar-refractivity contribution in [1.82, 2.24) is 15.0 Å². The second-order valence-corrected chi connectivity index (χ2v) is 4.96. The van der Waals surface area contributed by atoms with Crippen molar-refractivity contribution < 1.29 is 9.90 Å². The summed E-state index contributed by atoms with van der Waals surface area (Å²) in [7, 11) is 0. The number of rotatable bonds is 3. The highest BCUT2D eigenvalue weighted by Gasteiger charge is 2.08. The van der Waals surface area contributed by atoms with Crippen molar-refractivity contribution >= 4 is 27.9 Å². The van der Waals surface area contributed by atoms with Gasteiger partial charge in [0.25, 0.3) is 5.56 Å². The molecule has 0 aliphatic rings. The van der Waals surface area contributed by atoms with Crippen LogP contribution in [-0.4, -0.2) is 26.0 Å². The molecule has 6 nitrogen and oxygen atoms in total. The number of benzene rings is 1. The minimum Gasteiger partial charge on any atom is -0.481 e. The topological polar surface area (TPSA) is 95.9 Å². The van der Waals surface area contributed by atoms with Crippen molar-refractivity contribution in [1.29, 1.82) is 0 Å². The van der Waals surface area contributed by atoms with Gasteiger partial charge in [-0.25, -0.2) is 9.97 Å².